The van der Waals surface area contributed by atoms with Crippen molar-refractivity contribution in [2.75, 3.05) is 33.9 Å². The lowest BCUT2D eigenvalue weighted by Gasteiger charge is -2.23. The molecular weight excluding hydrogens is 270 g/mol. The molecule has 1 rings (SSSR count). The fourth-order valence-electron chi connectivity index (χ4n) is 1.77. The maximum Gasteiger partial charge on any atom is 0.328 e. The number of hydrogen-bond acceptors (Lipinski definition) is 4. The Morgan fingerprint density at radius 2 is 2.24 bits per heavy atom. The molecule has 0 radical (unpaired) electrons. The van der Waals surface area contributed by atoms with Crippen LogP contribution in [0.1, 0.15) is 12.5 Å². The van der Waals surface area contributed by atoms with Crippen molar-refractivity contribution in [3.05, 3.63) is 35.9 Å². The van der Waals surface area contributed by atoms with Crippen LogP contribution >= 0.6 is 0 Å². The molecule has 0 aliphatic heterocycles. The van der Waals surface area contributed by atoms with Crippen LogP contribution in [0.5, 0.6) is 5.75 Å². The number of carbonyl (C=O) groups is 1. The van der Waals surface area contributed by atoms with Crippen LogP contribution in [-0.2, 0) is 9.53 Å². The van der Waals surface area contributed by atoms with Crippen molar-refractivity contribution in [3.8, 4) is 5.75 Å². The highest BCUT2D eigenvalue weighted by atomic mass is 16.5. The molecule has 0 heterocycles. The summed E-state index contributed by atoms with van der Waals surface area (Å²) in [6.45, 7) is 4.14. The summed E-state index contributed by atoms with van der Waals surface area (Å²) in [5.41, 5.74) is 0.802. The summed E-state index contributed by atoms with van der Waals surface area (Å²) in [6, 6.07) is 7.69. The van der Waals surface area contributed by atoms with Gasteiger partial charge in [-0.05, 0) is 37.7 Å². The van der Waals surface area contributed by atoms with Crippen molar-refractivity contribution in [2.45, 2.75) is 13.0 Å². The standard InChI is InChI=1S/C16H23NO4/c1-13(12-20-3)17(2)9-10-21-15-6-4-5-14(11-15)7-8-16(18)19/h4-8,11,13H,9-10,12H2,1-3H3,(H,18,19). The molecule has 1 atom stereocenters. The first-order chi connectivity index (χ1) is 10.0. The molecule has 0 aromatic heterocycles. The van der Waals surface area contributed by atoms with Crippen molar-refractivity contribution in [1.29, 1.82) is 0 Å². The first kappa shape index (κ1) is 17.2. The van der Waals surface area contributed by atoms with Crippen LogP contribution in [0.15, 0.2) is 30.3 Å². The average molecular weight is 293 g/mol. The molecule has 1 aromatic carbocycles. The summed E-state index contributed by atoms with van der Waals surface area (Å²) in [6.07, 6.45) is 2.65. The van der Waals surface area contributed by atoms with Crippen LogP contribution in [0.4, 0.5) is 0 Å². The number of hydrogen-bond donors (Lipinski definition) is 1. The van der Waals surface area contributed by atoms with Crippen LogP contribution in [-0.4, -0.2) is 55.9 Å². The molecule has 21 heavy (non-hydrogen) atoms. The molecule has 0 saturated heterocycles. The van der Waals surface area contributed by atoms with Crippen LogP contribution in [0.2, 0.25) is 0 Å². The minimum absolute atomic E-state index is 0.337. The van der Waals surface area contributed by atoms with Gasteiger partial charge >= 0.3 is 5.97 Å². The van der Waals surface area contributed by atoms with E-state index in [-0.39, 0.29) is 0 Å². The van der Waals surface area contributed by atoms with E-state index in [1.54, 1.807) is 13.2 Å². The van der Waals surface area contributed by atoms with Gasteiger partial charge in [-0.25, -0.2) is 4.79 Å². The van der Waals surface area contributed by atoms with Gasteiger partial charge in [0.15, 0.2) is 0 Å². The number of ether oxygens (including phenoxy) is 2. The predicted octanol–water partition coefficient (Wildman–Crippen LogP) is 2.13. The van der Waals surface area contributed by atoms with Crippen LogP contribution in [0, 0.1) is 0 Å². The van der Waals surface area contributed by atoms with Crippen molar-refractivity contribution in [3.63, 3.8) is 0 Å². The summed E-state index contributed by atoms with van der Waals surface area (Å²) < 4.78 is 10.8. The van der Waals surface area contributed by atoms with Crippen molar-refractivity contribution in [1.82, 2.24) is 4.90 Å². The average Bonchev–Trinajstić information content (AvgIpc) is 2.45. The highest BCUT2D eigenvalue weighted by Gasteiger charge is 2.08. The summed E-state index contributed by atoms with van der Waals surface area (Å²) >= 11 is 0. The Balaban J connectivity index is 2.45. The van der Waals surface area contributed by atoms with E-state index >= 15 is 0 Å². The first-order valence-corrected chi connectivity index (χ1v) is 6.86. The van der Waals surface area contributed by atoms with Crippen molar-refractivity contribution >= 4 is 12.0 Å². The van der Waals surface area contributed by atoms with Gasteiger partial charge in [0, 0.05) is 25.8 Å². The SMILES string of the molecule is COCC(C)N(C)CCOc1cccc(C=CC(=O)O)c1. The summed E-state index contributed by atoms with van der Waals surface area (Å²) in [7, 11) is 3.72. The molecule has 0 fully saturated rings. The highest BCUT2D eigenvalue weighted by molar-refractivity contribution is 5.85. The molecule has 116 valence electrons. The fourth-order valence-corrected chi connectivity index (χ4v) is 1.77. The van der Waals surface area contributed by atoms with Crippen LogP contribution in [0.3, 0.4) is 0 Å². The van der Waals surface area contributed by atoms with Crippen LogP contribution in [0.25, 0.3) is 6.08 Å². The number of rotatable bonds is 9. The van der Waals surface area contributed by atoms with Gasteiger partial charge in [0.25, 0.3) is 0 Å². The predicted molar refractivity (Wildman–Crippen MR) is 82.6 cm³/mol. The lowest BCUT2D eigenvalue weighted by atomic mass is 10.2. The molecule has 0 amide bonds. The molecule has 1 unspecified atom stereocenters. The van der Waals surface area contributed by atoms with E-state index in [1.165, 1.54) is 0 Å². The molecule has 5 nitrogen and oxygen atoms in total. The summed E-state index contributed by atoms with van der Waals surface area (Å²) in [5, 5.41) is 8.61. The maximum atomic E-state index is 10.5. The van der Waals surface area contributed by atoms with E-state index in [9.17, 15) is 4.79 Å². The van der Waals surface area contributed by atoms with Crippen molar-refractivity contribution in [2.24, 2.45) is 0 Å². The van der Waals surface area contributed by atoms with E-state index < -0.39 is 5.97 Å². The van der Waals surface area contributed by atoms with Crippen molar-refractivity contribution < 1.29 is 19.4 Å². The Hall–Kier alpha value is -1.85. The van der Waals surface area contributed by atoms with Gasteiger partial charge in [0.1, 0.15) is 12.4 Å². The van der Waals surface area contributed by atoms with E-state index in [0.717, 1.165) is 23.9 Å². The molecule has 1 aromatic rings. The second-order valence-electron chi connectivity index (χ2n) is 4.88. The second kappa shape index (κ2) is 9.15. The number of benzene rings is 1. The zero-order valence-corrected chi connectivity index (χ0v) is 12.8. The minimum Gasteiger partial charge on any atom is -0.492 e. The first-order valence-electron chi connectivity index (χ1n) is 6.86. The molecule has 0 spiro atoms. The number of carboxylic acid groups (broad SMARTS) is 1. The number of carboxylic acids is 1. The van der Waals surface area contributed by atoms with Gasteiger partial charge in [0.05, 0.1) is 6.61 Å². The monoisotopic (exact) mass is 293 g/mol. The molecule has 5 heteroatoms. The molecule has 0 saturated carbocycles. The number of likely N-dealkylation sites (N-methyl/N-ethyl adjacent to an activating group) is 1. The zero-order chi connectivity index (χ0) is 15.7. The van der Waals surface area contributed by atoms with Crippen LogP contribution < -0.4 is 4.74 Å². The van der Waals surface area contributed by atoms with Gasteiger partial charge < -0.3 is 14.6 Å². The van der Waals surface area contributed by atoms with E-state index in [2.05, 4.69) is 11.8 Å². The smallest absolute Gasteiger partial charge is 0.328 e. The lowest BCUT2D eigenvalue weighted by Crippen LogP contribution is -2.35. The Bertz CT molecular complexity index is 473. The Kier molecular flexibility index (Phi) is 7.50. The topological polar surface area (TPSA) is 59.0 Å². The molecule has 0 aliphatic carbocycles. The Morgan fingerprint density at radius 3 is 2.90 bits per heavy atom. The van der Waals surface area contributed by atoms with Gasteiger partial charge in [-0.3, -0.25) is 4.90 Å². The second-order valence-corrected chi connectivity index (χ2v) is 4.88. The Labute approximate surface area is 125 Å². The van der Waals surface area contributed by atoms with Gasteiger partial charge in [-0.2, -0.15) is 0 Å². The molecule has 0 aliphatic rings. The lowest BCUT2D eigenvalue weighted by molar-refractivity contribution is -0.131. The van der Waals surface area contributed by atoms with Gasteiger partial charge in [-0.15, -0.1) is 0 Å². The summed E-state index contributed by atoms with van der Waals surface area (Å²) in [4.78, 5) is 12.7. The molecule has 1 N–H and O–H groups in total. The van der Waals surface area contributed by atoms with E-state index in [0.29, 0.717) is 19.3 Å². The van der Waals surface area contributed by atoms with E-state index in [1.807, 2.05) is 31.3 Å². The minimum atomic E-state index is -0.963. The van der Waals surface area contributed by atoms with Gasteiger partial charge in [-0.1, -0.05) is 12.1 Å². The third kappa shape index (κ3) is 6.92. The normalized spacial score (nSPS) is 12.8. The van der Waals surface area contributed by atoms with Gasteiger partial charge in [0.2, 0.25) is 0 Å². The highest BCUT2D eigenvalue weighted by Crippen LogP contribution is 2.14. The Morgan fingerprint density at radius 1 is 1.48 bits per heavy atom. The number of methoxy groups -OCH3 is 1. The molecular formula is C16H23NO4. The maximum absolute atomic E-state index is 10.5. The number of aliphatic carboxylic acids is 1. The zero-order valence-electron chi connectivity index (χ0n) is 12.8. The quantitative estimate of drug-likeness (QED) is 0.707. The molecule has 0 bridgehead atoms. The summed E-state index contributed by atoms with van der Waals surface area (Å²) in [5.74, 6) is -0.231. The third-order valence-corrected chi connectivity index (χ3v) is 3.15. The third-order valence-electron chi connectivity index (χ3n) is 3.15. The fraction of sp³-hybridized carbons (Fsp3) is 0.438. The van der Waals surface area contributed by atoms with E-state index in [4.69, 9.17) is 14.6 Å². The number of nitrogens with zero attached hydrogens (tertiary/aromatic N) is 1. The largest absolute Gasteiger partial charge is 0.492 e.